The standard InChI is InChI=1S/C13H16N2O4S2/c1-9(5-10-3-4-20-8-10)15-13(16)11-6-12(19-7-11)21(17,18)14-2/h3-4,6-9,14H,5H2,1-2H3,(H,15,16)/t9-/m0/s1. The number of hydrogen-bond acceptors (Lipinski definition) is 5. The van der Waals surface area contributed by atoms with Gasteiger partial charge in [0.05, 0.1) is 5.56 Å². The molecule has 8 heteroatoms. The minimum absolute atomic E-state index is 0.0636. The maximum atomic E-state index is 12.0. The number of nitrogens with one attached hydrogen (secondary N) is 2. The topological polar surface area (TPSA) is 88.4 Å². The number of rotatable bonds is 6. The first-order chi connectivity index (χ1) is 9.92. The van der Waals surface area contributed by atoms with Crippen LogP contribution < -0.4 is 10.0 Å². The first-order valence-electron chi connectivity index (χ1n) is 6.26. The van der Waals surface area contributed by atoms with Crippen molar-refractivity contribution >= 4 is 27.3 Å². The molecule has 2 rings (SSSR count). The van der Waals surface area contributed by atoms with E-state index in [-0.39, 0.29) is 22.6 Å². The molecule has 2 aromatic heterocycles. The summed E-state index contributed by atoms with van der Waals surface area (Å²) in [6, 6.07) is 3.15. The monoisotopic (exact) mass is 328 g/mol. The van der Waals surface area contributed by atoms with Crippen LogP contribution in [-0.2, 0) is 16.4 Å². The van der Waals surface area contributed by atoms with Gasteiger partial charge < -0.3 is 9.73 Å². The summed E-state index contributed by atoms with van der Waals surface area (Å²) in [7, 11) is -2.40. The van der Waals surface area contributed by atoms with Crippen molar-refractivity contribution in [1.29, 1.82) is 0 Å². The minimum atomic E-state index is -3.68. The summed E-state index contributed by atoms with van der Waals surface area (Å²) in [6.45, 7) is 1.89. The molecule has 0 aromatic carbocycles. The van der Waals surface area contributed by atoms with Crippen molar-refractivity contribution in [2.75, 3.05) is 7.05 Å². The normalized spacial score (nSPS) is 13.0. The summed E-state index contributed by atoms with van der Waals surface area (Å²) in [6.07, 6.45) is 1.85. The van der Waals surface area contributed by atoms with Crippen molar-refractivity contribution in [2.24, 2.45) is 0 Å². The maximum Gasteiger partial charge on any atom is 0.273 e. The zero-order valence-corrected chi connectivity index (χ0v) is 13.3. The average Bonchev–Trinajstić information content (AvgIpc) is 3.09. The highest BCUT2D eigenvalue weighted by Gasteiger charge is 2.20. The number of sulfonamides is 1. The maximum absolute atomic E-state index is 12.0. The van der Waals surface area contributed by atoms with Gasteiger partial charge in [-0.15, -0.1) is 0 Å². The van der Waals surface area contributed by atoms with Gasteiger partial charge in [0.2, 0.25) is 5.09 Å². The van der Waals surface area contributed by atoms with E-state index in [0.29, 0.717) is 0 Å². The second-order valence-electron chi connectivity index (χ2n) is 4.57. The van der Waals surface area contributed by atoms with E-state index in [1.807, 2.05) is 23.8 Å². The van der Waals surface area contributed by atoms with E-state index in [1.165, 1.54) is 13.1 Å². The van der Waals surface area contributed by atoms with Gasteiger partial charge in [0.15, 0.2) is 0 Å². The molecule has 2 aromatic rings. The van der Waals surface area contributed by atoms with Gasteiger partial charge in [-0.1, -0.05) is 0 Å². The lowest BCUT2D eigenvalue weighted by molar-refractivity contribution is 0.0939. The Morgan fingerprint density at radius 1 is 1.48 bits per heavy atom. The van der Waals surface area contributed by atoms with Crippen molar-refractivity contribution in [2.45, 2.75) is 24.5 Å². The molecular formula is C13H16N2O4S2. The molecule has 0 aliphatic heterocycles. The third kappa shape index (κ3) is 3.93. The van der Waals surface area contributed by atoms with Gasteiger partial charge >= 0.3 is 0 Å². The Labute approximate surface area is 127 Å². The van der Waals surface area contributed by atoms with Crippen molar-refractivity contribution in [3.05, 3.63) is 40.3 Å². The van der Waals surface area contributed by atoms with Crippen molar-refractivity contribution in [3.63, 3.8) is 0 Å². The number of carbonyl (C=O) groups excluding carboxylic acids is 1. The van der Waals surface area contributed by atoms with Gasteiger partial charge in [0, 0.05) is 12.1 Å². The van der Waals surface area contributed by atoms with Crippen LogP contribution in [0.15, 0.2) is 38.7 Å². The van der Waals surface area contributed by atoms with Crippen LogP contribution in [0.3, 0.4) is 0 Å². The third-order valence-electron chi connectivity index (χ3n) is 2.87. The lowest BCUT2D eigenvalue weighted by Crippen LogP contribution is -2.33. The van der Waals surface area contributed by atoms with Crippen LogP contribution in [0, 0.1) is 0 Å². The highest BCUT2D eigenvalue weighted by Crippen LogP contribution is 2.14. The molecule has 2 N–H and O–H groups in total. The molecule has 0 aliphatic carbocycles. The van der Waals surface area contributed by atoms with Crippen molar-refractivity contribution in [3.8, 4) is 0 Å². The van der Waals surface area contributed by atoms with Gasteiger partial charge in [-0.2, -0.15) is 11.3 Å². The Bertz CT molecular complexity index is 704. The van der Waals surface area contributed by atoms with Crippen molar-refractivity contribution < 1.29 is 17.6 Å². The zero-order chi connectivity index (χ0) is 15.5. The van der Waals surface area contributed by atoms with Crippen LogP contribution in [0.2, 0.25) is 0 Å². The number of carbonyl (C=O) groups is 1. The average molecular weight is 328 g/mol. The third-order valence-corrected chi connectivity index (χ3v) is 4.88. The van der Waals surface area contributed by atoms with Gasteiger partial charge in [-0.3, -0.25) is 4.79 Å². The SMILES string of the molecule is CNS(=O)(=O)c1cc(C(=O)N[C@@H](C)Cc2ccsc2)co1. The first kappa shape index (κ1) is 15.7. The van der Waals surface area contributed by atoms with Crippen LogP contribution in [-0.4, -0.2) is 27.4 Å². The largest absolute Gasteiger partial charge is 0.451 e. The number of thiophene rings is 1. The lowest BCUT2D eigenvalue weighted by Gasteiger charge is -2.12. The van der Waals surface area contributed by atoms with E-state index < -0.39 is 10.0 Å². The van der Waals surface area contributed by atoms with Gasteiger partial charge in [-0.05, 0) is 42.8 Å². The van der Waals surface area contributed by atoms with E-state index in [2.05, 4.69) is 10.0 Å². The summed E-state index contributed by atoms with van der Waals surface area (Å²) in [5.74, 6) is -0.362. The van der Waals surface area contributed by atoms with Gasteiger partial charge in [0.1, 0.15) is 6.26 Å². The fourth-order valence-corrected chi connectivity index (χ4v) is 3.14. The van der Waals surface area contributed by atoms with Crippen LogP contribution in [0.25, 0.3) is 0 Å². The van der Waals surface area contributed by atoms with E-state index in [1.54, 1.807) is 11.3 Å². The number of furan rings is 1. The van der Waals surface area contributed by atoms with Crippen LogP contribution in [0.1, 0.15) is 22.8 Å². The molecule has 0 bridgehead atoms. The molecule has 2 heterocycles. The number of hydrogen-bond donors (Lipinski definition) is 2. The second-order valence-corrected chi connectivity index (χ2v) is 7.17. The molecule has 114 valence electrons. The Morgan fingerprint density at radius 3 is 2.86 bits per heavy atom. The Kier molecular flexibility index (Phi) is 4.81. The second kappa shape index (κ2) is 6.42. The predicted octanol–water partition coefficient (Wildman–Crippen LogP) is 1.61. The van der Waals surface area contributed by atoms with Crippen molar-refractivity contribution in [1.82, 2.24) is 10.0 Å². The van der Waals surface area contributed by atoms with E-state index in [9.17, 15) is 13.2 Å². The highest BCUT2D eigenvalue weighted by atomic mass is 32.2. The Hall–Kier alpha value is -1.64. The Balaban J connectivity index is 2.00. The molecule has 21 heavy (non-hydrogen) atoms. The quantitative estimate of drug-likeness (QED) is 0.843. The molecule has 0 unspecified atom stereocenters. The predicted molar refractivity (Wildman–Crippen MR) is 79.9 cm³/mol. The minimum Gasteiger partial charge on any atom is -0.451 e. The van der Waals surface area contributed by atoms with E-state index in [0.717, 1.165) is 18.2 Å². The summed E-state index contributed by atoms with van der Waals surface area (Å²) in [5.41, 5.74) is 1.33. The molecule has 1 atom stereocenters. The molecule has 0 fully saturated rings. The fraction of sp³-hybridized carbons (Fsp3) is 0.308. The summed E-state index contributed by atoms with van der Waals surface area (Å²) >= 11 is 1.60. The molecular weight excluding hydrogens is 312 g/mol. The fourth-order valence-electron chi connectivity index (χ4n) is 1.80. The molecule has 6 nitrogen and oxygen atoms in total. The Morgan fingerprint density at radius 2 is 2.24 bits per heavy atom. The zero-order valence-electron chi connectivity index (χ0n) is 11.6. The molecule has 0 aliphatic rings. The smallest absolute Gasteiger partial charge is 0.273 e. The van der Waals surface area contributed by atoms with E-state index in [4.69, 9.17) is 4.42 Å². The summed E-state index contributed by atoms with van der Waals surface area (Å²) < 4.78 is 30.1. The molecule has 0 spiro atoms. The first-order valence-corrected chi connectivity index (χ1v) is 8.69. The molecule has 1 amide bonds. The van der Waals surface area contributed by atoms with Crippen LogP contribution >= 0.6 is 11.3 Å². The lowest BCUT2D eigenvalue weighted by atomic mass is 10.1. The summed E-state index contributed by atoms with van der Waals surface area (Å²) in [5, 5.41) is 6.54. The van der Waals surface area contributed by atoms with Gasteiger partial charge in [0.25, 0.3) is 15.9 Å². The van der Waals surface area contributed by atoms with Crippen LogP contribution in [0.4, 0.5) is 0 Å². The number of amides is 1. The molecule has 0 radical (unpaired) electrons. The highest BCUT2D eigenvalue weighted by molar-refractivity contribution is 7.89. The van der Waals surface area contributed by atoms with Gasteiger partial charge in [-0.25, -0.2) is 13.1 Å². The van der Waals surface area contributed by atoms with Crippen LogP contribution in [0.5, 0.6) is 0 Å². The molecule has 0 saturated carbocycles. The van der Waals surface area contributed by atoms with E-state index >= 15 is 0 Å². The summed E-state index contributed by atoms with van der Waals surface area (Å²) in [4.78, 5) is 12.0. The molecule has 0 saturated heterocycles.